The van der Waals surface area contributed by atoms with Crippen molar-refractivity contribution in [1.82, 2.24) is 0 Å². The van der Waals surface area contributed by atoms with Gasteiger partial charge in [0.1, 0.15) is 0 Å². The van der Waals surface area contributed by atoms with Gasteiger partial charge in [-0.05, 0) is 48.4 Å². The first kappa shape index (κ1) is 26.9. The molecule has 0 bridgehead atoms. The number of nitro groups is 1. The molecule has 0 aliphatic heterocycles. The predicted octanol–water partition coefficient (Wildman–Crippen LogP) is 6.42. The minimum absolute atomic E-state index is 0.0104. The molecule has 0 unspecified atom stereocenters. The number of esters is 1. The maximum Gasteiger partial charge on any atom is 0.338 e. The zero-order valence-corrected chi connectivity index (χ0v) is 21.2. The second-order valence-corrected chi connectivity index (χ2v) is 8.62. The summed E-state index contributed by atoms with van der Waals surface area (Å²) in [5.74, 6) is -1.94. The van der Waals surface area contributed by atoms with Gasteiger partial charge in [0.05, 0.1) is 34.0 Å². The molecule has 0 radical (unpaired) electrons. The first-order valence-corrected chi connectivity index (χ1v) is 12.3. The Hall–Kier alpha value is -5.18. The van der Waals surface area contributed by atoms with Crippen LogP contribution in [0.3, 0.4) is 0 Å². The number of anilines is 3. The highest BCUT2D eigenvalue weighted by molar-refractivity contribution is 6.03. The molecule has 0 aromatic heterocycles. The lowest BCUT2D eigenvalue weighted by molar-refractivity contribution is -0.384. The average Bonchev–Trinajstić information content (AvgIpc) is 2.95. The van der Waals surface area contributed by atoms with Crippen LogP contribution in [-0.4, -0.2) is 28.6 Å². The minimum Gasteiger partial charge on any atom is -0.478 e. The lowest BCUT2D eigenvalue weighted by atomic mass is 10.0. The smallest absolute Gasteiger partial charge is 0.338 e. The van der Waals surface area contributed by atoms with E-state index in [0.717, 1.165) is 22.5 Å². The predicted molar refractivity (Wildman–Crippen MR) is 149 cm³/mol. The molecule has 0 aliphatic rings. The minimum atomic E-state index is -1.24. The summed E-state index contributed by atoms with van der Waals surface area (Å²) in [6.45, 7) is 2.53. The Morgan fingerprint density at radius 1 is 0.897 bits per heavy atom. The van der Waals surface area contributed by atoms with Crippen LogP contribution in [0.5, 0.6) is 0 Å². The van der Waals surface area contributed by atoms with Gasteiger partial charge in [-0.2, -0.15) is 0 Å². The lowest BCUT2D eigenvalue weighted by Gasteiger charge is -2.28. The van der Waals surface area contributed by atoms with E-state index in [0.29, 0.717) is 18.8 Å². The monoisotopic (exact) mass is 525 g/mol. The Balaban J connectivity index is 1.74. The van der Waals surface area contributed by atoms with Gasteiger partial charge in [0, 0.05) is 30.9 Å². The van der Waals surface area contributed by atoms with Crippen LogP contribution in [0.2, 0.25) is 0 Å². The van der Waals surface area contributed by atoms with E-state index in [1.807, 2.05) is 59.5 Å². The molecule has 0 spiro atoms. The molecule has 0 fully saturated rings. The molecule has 2 N–H and O–H groups in total. The number of nitrogens with zero attached hydrogens (tertiary/aromatic N) is 2. The van der Waals surface area contributed by atoms with E-state index < -0.39 is 16.9 Å². The van der Waals surface area contributed by atoms with Crippen LogP contribution in [-0.2, 0) is 17.8 Å². The van der Waals surface area contributed by atoms with Crippen LogP contribution in [0, 0.1) is 10.1 Å². The van der Waals surface area contributed by atoms with Gasteiger partial charge in [-0.1, -0.05) is 54.6 Å². The number of benzene rings is 4. The van der Waals surface area contributed by atoms with E-state index in [9.17, 15) is 24.8 Å². The van der Waals surface area contributed by atoms with E-state index >= 15 is 0 Å². The van der Waals surface area contributed by atoms with Gasteiger partial charge in [0.15, 0.2) is 0 Å². The first-order valence-electron chi connectivity index (χ1n) is 12.3. The Kier molecular flexibility index (Phi) is 8.53. The quantitative estimate of drug-likeness (QED) is 0.131. The molecule has 0 amide bonds. The third-order valence-corrected chi connectivity index (χ3v) is 6.02. The summed E-state index contributed by atoms with van der Waals surface area (Å²) < 4.78 is 5.05. The number of para-hydroxylation sites is 2. The third kappa shape index (κ3) is 6.58. The number of rotatable bonds is 11. The summed E-state index contributed by atoms with van der Waals surface area (Å²) in [7, 11) is 0. The largest absolute Gasteiger partial charge is 0.478 e. The molecule has 0 aliphatic carbocycles. The van der Waals surface area contributed by atoms with E-state index in [1.165, 1.54) is 24.3 Å². The van der Waals surface area contributed by atoms with E-state index in [-0.39, 0.29) is 23.4 Å². The van der Waals surface area contributed by atoms with Crippen molar-refractivity contribution in [3.8, 4) is 0 Å². The number of hydrogen-bond acceptors (Lipinski definition) is 7. The lowest BCUT2D eigenvalue weighted by Crippen LogP contribution is -2.20. The Bertz CT molecular complexity index is 1490. The SMILES string of the molecule is CCOC(=O)c1ccc(N(Cc2ccccc2)c2ccccc2NCc2cccc([N+](=O)[O-])c2)cc1C(=O)O. The number of nitrogens with one attached hydrogen (secondary N) is 1. The summed E-state index contributed by atoms with van der Waals surface area (Å²) in [5.41, 5.74) is 3.61. The van der Waals surface area contributed by atoms with E-state index in [4.69, 9.17) is 4.74 Å². The molecule has 0 heterocycles. The number of carbonyl (C=O) groups is 2. The van der Waals surface area contributed by atoms with Crippen LogP contribution < -0.4 is 10.2 Å². The Labute approximate surface area is 225 Å². The van der Waals surface area contributed by atoms with Gasteiger partial charge < -0.3 is 20.1 Å². The van der Waals surface area contributed by atoms with Crippen molar-refractivity contribution in [2.45, 2.75) is 20.0 Å². The Morgan fingerprint density at radius 3 is 2.33 bits per heavy atom. The third-order valence-electron chi connectivity index (χ3n) is 6.02. The standard InChI is InChI=1S/C30H27N3O6/c1-2-39-30(36)25-16-15-23(18-26(25)29(34)35)32(20-21-9-4-3-5-10-21)28-14-7-6-13-27(28)31-19-22-11-8-12-24(17-22)33(37)38/h3-18,31H,2,19-20H2,1H3,(H,34,35). The molecule has 9 heteroatoms. The fourth-order valence-electron chi connectivity index (χ4n) is 4.18. The van der Waals surface area contributed by atoms with Crippen molar-refractivity contribution >= 4 is 34.7 Å². The average molecular weight is 526 g/mol. The zero-order valence-electron chi connectivity index (χ0n) is 21.2. The molecule has 4 rings (SSSR count). The van der Waals surface area contributed by atoms with Gasteiger partial charge >= 0.3 is 11.9 Å². The number of carboxylic acid groups (broad SMARTS) is 1. The van der Waals surface area contributed by atoms with Crippen LogP contribution in [0.1, 0.15) is 38.8 Å². The van der Waals surface area contributed by atoms with Crippen molar-refractivity contribution in [2.24, 2.45) is 0 Å². The highest BCUT2D eigenvalue weighted by atomic mass is 16.6. The molecule has 0 saturated heterocycles. The molecule has 0 atom stereocenters. The second-order valence-electron chi connectivity index (χ2n) is 8.62. The summed E-state index contributed by atoms with van der Waals surface area (Å²) in [6.07, 6.45) is 0. The molecule has 198 valence electrons. The molecular formula is C30H27N3O6. The highest BCUT2D eigenvalue weighted by Crippen LogP contribution is 2.35. The maximum atomic E-state index is 12.4. The molecule has 0 saturated carbocycles. The second kappa shape index (κ2) is 12.4. The van der Waals surface area contributed by atoms with Crippen molar-refractivity contribution in [1.29, 1.82) is 0 Å². The van der Waals surface area contributed by atoms with Gasteiger partial charge in [-0.25, -0.2) is 9.59 Å². The van der Waals surface area contributed by atoms with Gasteiger partial charge in [-0.3, -0.25) is 10.1 Å². The normalized spacial score (nSPS) is 10.5. The van der Waals surface area contributed by atoms with Gasteiger partial charge in [-0.15, -0.1) is 0 Å². The molecule has 9 nitrogen and oxygen atoms in total. The molecular weight excluding hydrogens is 498 g/mol. The van der Waals surface area contributed by atoms with Crippen molar-refractivity contribution in [2.75, 3.05) is 16.8 Å². The van der Waals surface area contributed by atoms with Crippen molar-refractivity contribution in [3.05, 3.63) is 129 Å². The summed E-state index contributed by atoms with van der Waals surface area (Å²) in [6, 6.07) is 28.3. The summed E-state index contributed by atoms with van der Waals surface area (Å²) in [4.78, 5) is 37.2. The zero-order chi connectivity index (χ0) is 27.8. The number of non-ortho nitro benzene ring substituents is 1. The number of ether oxygens (including phenoxy) is 1. The maximum absolute atomic E-state index is 12.4. The van der Waals surface area contributed by atoms with E-state index in [2.05, 4.69) is 5.32 Å². The molecule has 4 aromatic rings. The van der Waals surface area contributed by atoms with Crippen LogP contribution in [0.15, 0.2) is 97.1 Å². The number of nitro benzene ring substituents is 1. The number of carbonyl (C=O) groups excluding carboxylic acids is 1. The molecule has 4 aromatic carbocycles. The van der Waals surface area contributed by atoms with Crippen LogP contribution >= 0.6 is 0 Å². The number of hydrogen-bond donors (Lipinski definition) is 2. The number of aromatic carboxylic acids is 1. The first-order chi connectivity index (χ1) is 18.9. The topological polar surface area (TPSA) is 122 Å². The van der Waals surface area contributed by atoms with Crippen molar-refractivity contribution < 1.29 is 24.4 Å². The van der Waals surface area contributed by atoms with E-state index in [1.54, 1.807) is 25.1 Å². The summed E-state index contributed by atoms with van der Waals surface area (Å²) >= 11 is 0. The fraction of sp³-hybridized carbons (Fsp3) is 0.133. The number of carboxylic acids is 1. The highest BCUT2D eigenvalue weighted by Gasteiger charge is 2.22. The Morgan fingerprint density at radius 2 is 1.62 bits per heavy atom. The summed E-state index contributed by atoms with van der Waals surface area (Å²) in [5, 5.41) is 24.4. The molecule has 39 heavy (non-hydrogen) atoms. The van der Waals surface area contributed by atoms with Crippen molar-refractivity contribution in [3.63, 3.8) is 0 Å². The van der Waals surface area contributed by atoms with Crippen LogP contribution in [0.25, 0.3) is 0 Å². The van der Waals surface area contributed by atoms with Gasteiger partial charge in [0.2, 0.25) is 0 Å². The van der Waals surface area contributed by atoms with Crippen LogP contribution in [0.4, 0.5) is 22.7 Å². The fourth-order valence-corrected chi connectivity index (χ4v) is 4.18. The van der Waals surface area contributed by atoms with Gasteiger partial charge in [0.25, 0.3) is 5.69 Å².